The maximum Gasteiger partial charge on any atom is 0.338 e. The molecule has 0 aliphatic carbocycles. The van der Waals surface area contributed by atoms with Gasteiger partial charge in [-0.05, 0) is 31.5 Å². The lowest BCUT2D eigenvalue weighted by molar-refractivity contribution is -0.385. The molecule has 0 saturated heterocycles. The predicted octanol–water partition coefficient (Wildman–Crippen LogP) is 2.94. The molecule has 0 saturated carbocycles. The van der Waals surface area contributed by atoms with E-state index in [0.29, 0.717) is 6.54 Å². The van der Waals surface area contributed by atoms with E-state index in [-0.39, 0.29) is 23.5 Å². The van der Waals surface area contributed by atoms with Gasteiger partial charge in [0.1, 0.15) is 0 Å². The Kier molecular flexibility index (Phi) is 7.39. The molecule has 0 spiro atoms. The predicted molar refractivity (Wildman–Crippen MR) is 119 cm³/mol. The molecule has 0 bridgehead atoms. The normalized spacial score (nSPS) is 10.5. The van der Waals surface area contributed by atoms with Gasteiger partial charge in [-0.15, -0.1) is 0 Å². The van der Waals surface area contributed by atoms with Crippen LogP contribution in [0.3, 0.4) is 0 Å². The van der Waals surface area contributed by atoms with E-state index in [1.165, 1.54) is 19.2 Å². The molecule has 1 heterocycles. The van der Waals surface area contributed by atoms with E-state index in [1.807, 2.05) is 48.9 Å². The van der Waals surface area contributed by atoms with Gasteiger partial charge in [-0.2, -0.15) is 5.10 Å². The minimum Gasteiger partial charge on any atom is -0.490 e. The van der Waals surface area contributed by atoms with Crippen molar-refractivity contribution in [2.75, 3.05) is 13.7 Å². The van der Waals surface area contributed by atoms with E-state index in [2.05, 4.69) is 10.4 Å². The molecule has 0 aliphatic rings. The number of hydrogen-bond donors (Lipinski definition) is 1. The Morgan fingerprint density at radius 2 is 1.88 bits per heavy atom. The van der Waals surface area contributed by atoms with E-state index in [1.54, 1.807) is 0 Å². The Morgan fingerprint density at radius 1 is 1.15 bits per heavy atom. The lowest BCUT2D eigenvalue weighted by atomic mass is 10.2. The molecule has 1 aromatic heterocycles. The molecule has 1 amide bonds. The third-order valence-electron chi connectivity index (χ3n) is 5.11. The number of nitrogens with one attached hydrogen (secondary N) is 1. The zero-order valence-corrected chi connectivity index (χ0v) is 18.5. The molecular formula is C23H24N4O6. The second kappa shape index (κ2) is 10.4. The molecule has 33 heavy (non-hydrogen) atoms. The number of benzene rings is 2. The fourth-order valence-electron chi connectivity index (χ4n) is 3.31. The van der Waals surface area contributed by atoms with Crippen LogP contribution in [0, 0.1) is 24.0 Å². The Balaban J connectivity index is 1.56. The molecule has 0 radical (unpaired) electrons. The molecule has 0 aliphatic heterocycles. The first-order valence-electron chi connectivity index (χ1n) is 10.1. The van der Waals surface area contributed by atoms with Crippen LogP contribution in [0.5, 0.6) is 5.75 Å². The van der Waals surface area contributed by atoms with Crippen molar-refractivity contribution in [3.8, 4) is 5.75 Å². The number of aryl methyl sites for hydroxylation is 1. The van der Waals surface area contributed by atoms with Gasteiger partial charge in [0.05, 0.1) is 29.8 Å². The highest BCUT2D eigenvalue weighted by Crippen LogP contribution is 2.27. The van der Waals surface area contributed by atoms with Gasteiger partial charge >= 0.3 is 11.7 Å². The van der Waals surface area contributed by atoms with Crippen LogP contribution in [0.25, 0.3) is 0 Å². The van der Waals surface area contributed by atoms with Gasteiger partial charge in [0.2, 0.25) is 0 Å². The zero-order chi connectivity index (χ0) is 24.0. The number of ether oxygens (including phenoxy) is 2. The van der Waals surface area contributed by atoms with Crippen molar-refractivity contribution in [1.82, 2.24) is 15.1 Å². The molecular weight excluding hydrogens is 428 g/mol. The van der Waals surface area contributed by atoms with Crippen LogP contribution in [0.4, 0.5) is 5.69 Å². The van der Waals surface area contributed by atoms with Gasteiger partial charge in [-0.3, -0.25) is 19.6 Å². The Bertz CT molecular complexity index is 1170. The Hall–Kier alpha value is -4.21. The van der Waals surface area contributed by atoms with E-state index in [9.17, 15) is 19.7 Å². The van der Waals surface area contributed by atoms with E-state index in [4.69, 9.17) is 9.47 Å². The van der Waals surface area contributed by atoms with Crippen LogP contribution in [-0.2, 0) is 22.6 Å². The standard InChI is InChI=1S/C23H24N4O6/c1-15-19(16(2)26(25-15)13-17-7-5-4-6-8-17)12-24-22(28)14-33-23(29)18-9-10-21(32-3)20(11-18)27(30)31/h4-11H,12-14H2,1-3H3,(H,24,28). The number of nitro benzene ring substituents is 1. The summed E-state index contributed by atoms with van der Waals surface area (Å²) in [6.07, 6.45) is 0. The second-order valence-electron chi connectivity index (χ2n) is 7.29. The number of rotatable bonds is 9. The highest BCUT2D eigenvalue weighted by atomic mass is 16.6. The summed E-state index contributed by atoms with van der Waals surface area (Å²) in [6.45, 7) is 4.13. The maximum absolute atomic E-state index is 12.2. The summed E-state index contributed by atoms with van der Waals surface area (Å²) in [5.41, 5.74) is 3.31. The summed E-state index contributed by atoms with van der Waals surface area (Å²) in [6, 6.07) is 13.6. The van der Waals surface area contributed by atoms with Crippen LogP contribution >= 0.6 is 0 Å². The first-order chi connectivity index (χ1) is 15.8. The summed E-state index contributed by atoms with van der Waals surface area (Å²) >= 11 is 0. The zero-order valence-electron chi connectivity index (χ0n) is 18.5. The fourth-order valence-corrected chi connectivity index (χ4v) is 3.31. The number of aromatic nitrogens is 2. The fraction of sp³-hybridized carbons (Fsp3) is 0.261. The van der Waals surface area contributed by atoms with Crippen LogP contribution in [-0.4, -0.2) is 40.3 Å². The molecule has 10 nitrogen and oxygen atoms in total. The van der Waals surface area contributed by atoms with Crippen molar-refractivity contribution in [3.05, 3.63) is 86.7 Å². The molecule has 3 rings (SSSR count). The van der Waals surface area contributed by atoms with E-state index >= 15 is 0 Å². The summed E-state index contributed by atoms with van der Waals surface area (Å²) in [7, 11) is 1.29. The number of esters is 1. The highest BCUT2D eigenvalue weighted by molar-refractivity contribution is 5.92. The number of hydrogen-bond acceptors (Lipinski definition) is 7. The minimum atomic E-state index is -0.848. The first kappa shape index (κ1) is 23.5. The summed E-state index contributed by atoms with van der Waals surface area (Å²) in [5.74, 6) is -1.33. The maximum atomic E-state index is 12.2. The van der Waals surface area contributed by atoms with Gasteiger partial charge in [0.15, 0.2) is 12.4 Å². The van der Waals surface area contributed by atoms with Crippen molar-refractivity contribution in [1.29, 1.82) is 0 Å². The molecule has 0 unspecified atom stereocenters. The van der Waals surface area contributed by atoms with Crippen molar-refractivity contribution < 1.29 is 24.0 Å². The molecule has 0 fully saturated rings. The molecule has 172 valence electrons. The molecule has 0 atom stereocenters. The van der Waals surface area contributed by atoms with Crippen LogP contribution in [0.1, 0.15) is 32.9 Å². The first-order valence-corrected chi connectivity index (χ1v) is 10.1. The number of amides is 1. The quantitative estimate of drug-likeness (QED) is 0.300. The van der Waals surface area contributed by atoms with E-state index < -0.39 is 23.4 Å². The summed E-state index contributed by atoms with van der Waals surface area (Å²) in [4.78, 5) is 34.8. The van der Waals surface area contributed by atoms with Gasteiger partial charge in [-0.1, -0.05) is 30.3 Å². The smallest absolute Gasteiger partial charge is 0.338 e. The van der Waals surface area contributed by atoms with Crippen molar-refractivity contribution >= 4 is 17.6 Å². The monoisotopic (exact) mass is 452 g/mol. The van der Waals surface area contributed by atoms with Gasteiger partial charge in [-0.25, -0.2) is 4.79 Å². The average Bonchev–Trinajstić information content (AvgIpc) is 3.08. The molecule has 3 aromatic rings. The Morgan fingerprint density at radius 3 is 2.55 bits per heavy atom. The minimum absolute atomic E-state index is 0.0212. The van der Waals surface area contributed by atoms with Gasteiger partial charge in [0.25, 0.3) is 5.91 Å². The molecule has 1 N–H and O–H groups in total. The molecule has 2 aromatic carbocycles. The topological polar surface area (TPSA) is 126 Å². The van der Waals surface area contributed by atoms with Gasteiger partial charge in [0, 0.05) is 23.9 Å². The van der Waals surface area contributed by atoms with Crippen molar-refractivity contribution in [2.45, 2.75) is 26.9 Å². The van der Waals surface area contributed by atoms with Crippen LogP contribution in [0.2, 0.25) is 0 Å². The second-order valence-corrected chi connectivity index (χ2v) is 7.29. The van der Waals surface area contributed by atoms with Crippen molar-refractivity contribution in [3.63, 3.8) is 0 Å². The lowest BCUT2D eigenvalue weighted by Crippen LogP contribution is -2.28. The number of carbonyl (C=O) groups is 2. The largest absolute Gasteiger partial charge is 0.490 e. The van der Waals surface area contributed by atoms with Gasteiger partial charge < -0.3 is 14.8 Å². The van der Waals surface area contributed by atoms with Crippen molar-refractivity contribution in [2.24, 2.45) is 0 Å². The third kappa shape index (κ3) is 5.73. The number of nitro groups is 1. The van der Waals surface area contributed by atoms with Crippen LogP contribution in [0.15, 0.2) is 48.5 Å². The number of carbonyl (C=O) groups excluding carboxylic acids is 2. The highest BCUT2D eigenvalue weighted by Gasteiger charge is 2.20. The summed E-state index contributed by atoms with van der Waals surface area (Å²) < 4.78 is 11.8. The van der Waals surface area contributed by atoms with E-state index in [0.717, 1.165) is 28.6 Å². The third-order valence-corrected chi connectivity index (χ3v) is 5.11. The Labute approximate surface area is 190 Å². The number of methoxy groups -OCH3 is 1. The average molecular weight is 452 g/mol. The summed E-state index contributed by atoms with van der Waals surface area (Å²) in [5, 5.41) is 18.4. The van der Waals surface area contributed by atoms with Crippen LogP contribution < -0.4 is 10.1 Å². The SMILES string of the molecule is COc1ccc(C(=O)OCC(=O)NCc2c(C)nn(Cc3ccccc3)c2C)cc1[N+](=O)[O-]. The molecule has 10 heteroatoms. The number of nitrogens with zero attached hydrogens (tertiary/aromatic N) is 3. The lowest BCUT2D eigenvalue weighted by Gasteiger charge is -2.09.